The molecular formula is C18H24F2N4O3. The van der Waals surface area contributed by atoms with E-state index in [9.17, 15) is 18.4 Å². The fraction of sp³-hybridized carbons (Fsp3) is 0.611. The van der Waals surface area contributed by atoms with Crippen LogP contribution in [-0.2, 0) is 4.74 Å². The van der Waals surface area contributed by atoms with Gasteiger partial charge in [-0.05, 0) is 32.9 Å². The lowest BCUT2D eigenvalue weighted by atomic mass is 10.2. The van der Waals surface area contributed by atoms with E-state index in [2.05, 4.69) is 10.3 Å². The Morgan fingerprint density at radius 1 is 1.22 bits per heavy atom. The lowest BCUT2D eigenvalue weighted by molar-refractivity contribution is 0.0240. The maximum absolute atomic E-state index is 14.4. The smallest absolute Gasteiger partial charge is 0.410 e. The average molecular weight is 382 g/mol. The third-order valence-electron chi connectivity index (χ3n) is 4.36. The van der Waals surface area contributed by atoms with Gasteiger partial charge in [0.25, 0.3) is 5.91 Å². The number of halogens is 2. The van der Waals surface area contributed by atoms with Crippen molar-refractivity contribution in [1.82, 2.24) is 15.2 Å². The van der Waals surface area contributed by atoms with Crippen molar-refractivity contribution in [2.24, 2.45) is 0 Å². The quantitative estimate of drug-likeness (QED) is 0.811. The van der Waals surface area contributed by atoms with Gasteiger partial charge in [-0.15, -0.1) is 0 Å². The third kappa shape index (κ3) is 4.84. The van der Waals surface area contributed by atoms with Crippen LogP contribution in [0, 0.1) is 5.95 Å². The monoisotopic (exact) mass is 382 g/mol. The summed E-state index contributed by atoms with van der Waals surface area (Å²) in [6.07, 6.45) is -1.13. The van der Waals surface area contributed by atoms with Crippen molar-refractivity contribution in [1.29, 1.82) is 0 Å². The predicted octanol–water partition coefficient (Wildman–Crippen LogP) is 2.12. The number of hydrogen-bond donors (Lipinski definition) is 1. The minimum Gasteiger partial charge on any atom is -0.444 e. The number of hydrogen-bond acceptors (Lipinski definition) is 5. The summed E-state index contributed by atoms with van der Waals surface area (Å²) in [4.78, 5) is 31.1. The van der Waals surface area contributed by atoms with Gasteiger partial charge in [0.2, 0.25) is 5.95 Å². The van der Waals surface area contributed by atoms with Crippen LogP contribution in [-0.4, -0.2) is 65.9 Å². The number of aromatic nitrogens is 1. The minimum absolute atomic E-state index is 0.0808. The maximum Gasteiger partial charge on any atom is 0.410 e. The second-order valence-corrected chi connectivity index (χ2v) is 7.79. The molecule has 148 valence electrons. The fourth-order valence-electron chi connectivity index (χ4n) is 2.80. The molecule has 2 aliphatic rings. The molecule has 1 aromatic rings. The fourth-order valence-corrected chi connectivity index (χ4v) is 2.80. The standard InChI is InChI=1S/C18H24F2N4O3/c1-18(2,3)27-17(26)24-8-6-23(7-9-24)14-5-4-12(21-15(14)20)16(25)22-13-10-11(13)19/h4-5,11,13H,6-10H2,1-3H3,(H,22,25)/t11-,13+/m1/s1. The van der Waals surface area contributed by atoms with E-state index in [1.807, 2.05) is 0 Å². The molecule has 1 aliphatic heterocycles. The van der Waals surface area contributed by atoms with E-state index in [0.29, 0.717) is 26.2 Å². The highest BCUT2D eigenvalue weighted by atomic mass is 19.1. The topological polar surface area (TPSA) is 74.8 Å². The van der Waals surface area contributed by atoms with Crippen LogP contribution in [0.5, 0.6) is 0 Å². The van der Waals surface area contributed by atoms with Crippen LogP contribution in [0.4, 0.5) is 19.3 Å². The molecule has 0 radical (unpaired) electrons. The van der Waals surface area contributed by atoms with E-state index in [-0.39, 0.29) is 23.9 Å². The van der Waals surface area contributed by atoms with Gasteiger partial charge in [-0.2, -0.15) is 4.39 Å². The largest absolute Gasteiger partial charge is 0.444 e. The molecule has 1 N–H and O–H groups in total. The van der Waals surface area contributed by atoms with Crippen molar-refractivity contribution in [3.8, 4) is 0 Å². The first-order valence-corrected chi connectivity index (χ1v) is 8.98. The lowest BCUT2D eigenvalue weighted by Crippen LogP contribution is -2.50. The predicted molar refractivity (Wildman–Crippen MR) is 95.0 cm³/mol. The van der Waals surface area contributed by atoms with Crippen LogP contribution >= 0.6 is 0 Å². The Hall–Kier alpha value is -2.45. The summed E-state index contributed by atoms with van der Waals surface area (Å²) in [6.45, 7) is 7.06. The zero-order chi connectivity index (χ0) is 19.8. The normalized spacial score (nSPS) is 22.4. The summed E-state index contributed by atoms with van der Waals surface area (Å²) < 4.78 is 32.6. The molecular weight excluding hydrogens is 358 g/mol. The van der Waals surface area contributed by atoms with Gasteiger partial charge in [0.15, 0.2) is 0 Å². The van der Waals surface area contributed by atoms with E-state index in [1.54, 1.807) is 30.6 Å². The molecule has 1 saturated heterocycles. The zero-order valence-corrected chi connectivity index (χ0v) is 15.7. The summed E-state index contributed by atoms with van der Waals surface area (Å²) in [5.41, 5.74) is -0.378. The SMILES string of the molecule is CC(C)(C)OC(=O)N1CCN(c2ccc(C(=O)N[C@H]3C[C@H]3F)nc2F)CC1. The number of amides is 2. The van der Waals surface area contributed by atoms with E-state index in [1.165, 1.54) is 12.1 Å². The van der Waals surface area contributed by atoms with Gasteiger partial charge in [0.1, 0.15) is 17.5 Å². The summed E-state index contributed by atoms with van der Waals surface area (Å²) in [5.74, 6) is -1.35. The molecule has 7 nitrogen and oxygen atoms in total. The first-order valence-electron chi connectivity index (χ1n) is 8.98. The molecule has 27 heavy (non-hydrogen) atoms. The van der Waals surface area contributed by atoms with Crippen LogP contribution in [0.1, 0.15) is 37.7 Å². The summed E-state index contributed by atoms with van der Waals surface area (Å²) in [7, 11) is 0. The Morgan fingerprint density at radius 2 is 1.85 bits per heavy atom. The van der Waals surface area contributed by atoms with Crippen LogP contribution < -0.4 is 10.2 Å². The van der Waals surface area contributed by atoms with Crippen LogP contribution in [0.2, 0.25) is 0 Å². The number of nitrogens with zero attached hydrogens (tertiary/aromatic N) is 3. The van der Waals surface area contributed by atoms with Crippen LogP contribution in [0.3, 0.4) is 0 Å². The Labute approximate surface area is 156 Å². The van der Waals surface area contributed by atoms with Gasteiger partial charge in [0, 0.05) is 32.6 Å². The van der Waals surface area contributed by atoms with Gasteiger partial charge < -0.3 is 19.9 Å². The van der Waals surface area contributed by atoms with Crippen molar-refractivity contribution < 1.29 is 23.1 Å². The summed E-state index contributed by atoms with van der Waals surface area (Å²) in [5, 5.41) is 2.47. The van der Waals surface area contributed by atoms with Crippen molar-refractivity contribution in [3.63, 3.8) is 0 Å². The molecule has 1 aliphatic carbocycles. The summed E-state index contributed by atoms with van der Waals surface area (Å²) in [6, 6.07) is 2.41. The number of piperazine rings is 1. The Balaban J connectivity index is 1.58. The number of alkyl halides is 1. The number of pyridine rings is 1. The second-order valence-electron chi connectivity index (χ2n) is 7.79. The van der Waals surface area contributed by atoms with E-state index < -0.39 is 29.7 Å². The summed E-state index contributed by atoms with van der Waals surface area (Å²) >= 11 is 0. The number of nitrogens with one attached hydrogen (secondary N) is 1. The molecule has 2 amide bonds. The second kappa shape index (κ2) is 7.28. The van der Waals surface area contributed by atoms with Crippen LogP contribution in [0.15, 0.2) is 12.1 Å². The van der Waals surface area contributed by atoms with E-state index >= 15 is 0 Å². The van der Waals surface area contributed by atoms with E-state index in [4.69, 9.17) is 4.74 Å². The number of carbonyl (C=O) groups excluding carboxylic acids is 2. The van der Waals surface area contributed by atoms with Crippen molar-refractivity contribution in [2.45, 2.75) is 45.0 Å². The molecule has 0 unspecified atom stereocenters. The van der Waals surface area contributed by atoms with Gasteiger partial charge in [-0.3, -0.25) is 4.79 Å². The number of rotatable bonds is 3. The van der Waals surface area contributed by atoms with Crippen molar-refractivity contribution in [3.05, 3.63) is 23.8 Å². The highest BCUT2D eigenvalue weighted by Crippen LogP contribution is 2.25. The van der Waals surface area contributed by atoms with Gasteiger partial charge in [-0.25, -0.2) is 14.2 Å². The molecule has 2 atom stereocenters. The molecule has 9 heteroatoms. The van der Waals surface area contributed by atoms with Crippen molar-refractivity contribution in [2.75, 3.05) is 31.1 Å². The third-order valence-corrected chi connectivity index (χ3v) is 4.36. The molecule has 0 bridgehead atoms. The molecule has 0 aromatic carbocycles. The molecule has 1 saturated carbocycles. The molecule has 0 spiro atoms. The van der Waals surface area contributed by atoms with Gasteiger partial charge >= 0.3 is 6.09 Å². The highest BCUT2D eigenvalue weighted by molar-refractivity contribution is 5.93. The zero-order valence-electron chi connectivity index (χ0n) is 15.7. The van der Waals surface area contributed by atoms with Crippen molar-refractivity contribution >= 4 is 17.7 Å². The molecule has 3 rings (SSSR count). The number of ether oxygens (including phenoxy) is 1. The first-order chi connectivity index (χ1) is 12.6. The average Bonchev–Trinajstić information content (AvgIpc) is 3.28. The highest BCUT2D eigenvalue weighted by Gasteiger charge is 2.39. The number of carbonyl (C=O) groups is 2. The minimum atomic E-state index is -1.03. The first kappa shape index (κ1) is 19.3. The number of anilines is 1. The lowest BCUT2D eigenvalue weighted by Gasteiger charge is -2.36. The Kier molecular flexibility index (Phi) is 5.21. The molecule has 2 fully saturated rings. The van der Waals surface area contributed by atoms with E-state index in [0.717, 1.165) is 0 Å². The Bertz CT molecular complexity index is 730. The van der Waals surface area contributed by atoms with Gasteiger partial charge in [0.05, 0.1) is 11.7 Å². The van der Waals surface area contributed by atoms with Gasteiger partial charge in [-0.1, -0.05) is 0 Å². The molecule has 1 aromatic heterocycles. The maximum atomic E-state index is 14.4. The van der Waals surface area contributed by atoms with Crippen LogP contribution in [0.25, 0.3) is 0 Å². The Morgan fingerprint density at radius 3 is 2.37 bits per heavy atom. The molecule has 2 heterocycles.